The van der Waals surface area contributed by atoms with Gasteiger partial charge in [0.2, 0.25) is 0 Å². The maximum Gasteiger partial charge on any atom is 1.00 e. The van der Waals surface area contributed by atoms with Gasteiger partial charge in [-0.1, -0.05) is 75.8 Å². The van der Waals surface area contributed by atoms with Gasteiger partial charge in [-0.25, -0.2) is 0 Å². The minimum absolute atomic E-state index is 0. The molecule has 0 saturated heterocycles. The van der Waals surface area contributed by atoms with E-state index in [2.05, 4.69) is 6.92 Å². The van der Waals surface area contributed by atoms with Crippen molar-refractivity contribution in [3.05, 3.63) is 35.9 Å². The van der Waals surface area contributed by atoms with E-state index in [9.17, 15) is 19.8 Å². The van der Waals surface area contributed by atoms with Crippen molar-refractivity contribution >= 4 is 11.9 Å². The minimum Gasteiger partial charge on any atom is -1.00 e. The number of benzene rings is 1. The van der Waals surface area contributed by atoms with E-state index in [-0.39, 0.29) is 57.7 Å². The summed E-state index contributed by atoms with van der Waals surface area (Å²) in [5, 5.41) is 19.0. The minimum atomic E-state index is -1.83. The van der Waals surface area contributed by atoms with Crippen molar-refractivity contribution < 1.29 is 71.1 Å². The van der Waals surface area contributed by atoms with Crippen LogP contribution in [0.5, 0.6) is 0 Å². The number of hydrogen-bond donors (Lipinski definition) is 2. The number of carboxylic acid groups (broad SMARTS) is 2. The number of carboxylic acids is 2. The van der Waals surface area contributed by atoms with Crippen LogP contribution in [0.15, 0.2) is 30.3 Å². The van der Waals surface area contributed by atoms with Crippen molar-refractivity contribution in [3.63, 3.8) is 0 Å². The fourth-order valence-electron chi connectivity index (χ4n) is 2.59. The Hall–Kier alpha value is -0.243. The van der Waals surface area contributed by atoms with E-state index in [1.165, 1.54) is 6.42 Å². The van der Waals surface area contributed by atoms with Crippen LogP contribution in [0.2, 0.25) is 0 Å². The molecule has 2 N–H and O–H groups in total. The molecule has 0 fully saturated rings. The Kier molecular flexibility index (Phi) is 14.2. The zero-order valence-corrected chi connectivity index (χ0v) is 16.5. The van der Waals surface area contributed by atoms with Crippen LogP contribution in [0.1, 0.15) is 60.3 Å². The largest absolute Gasteiger partial charge is 1.00 e. The monoisotopic (exact) mass is 324 g/mol. The molecule has 0 spiro atoms. The zero-order valence-electron chi connectivity index (χ0n) is 16.5. The molecule has 0 aliphatic heterocycles. The second kappa shape index (κ2) is 13.1. The Morgan fingerprint density at radius 2 is 1.43 bits per heavy atom. The van der Waals surface area contributed by atoms with E-state index in [1.54, 1.807) is 30.3 Å². The standard InChI is InChI=1S/C17H24O4.Li.Na.2H/c1-2-3-4-5-6-10-13-17(15(18)19,16(20)21)14-11-8-7-9-12-14;;;;/h7-9,11-12H,2-6,10,13H2,1H3,(H,18,19)(H,20,21);;;;/q;2*+1;2*-1. The summed E-state index contributed by atoms with van der Waals surface area (Å²) < 4.78 is 0. The van der Waals surface area contributed by atoms with Crippen molar-refractivity contribution in [2.45, 2.75) is 57.3 Å². The molecule has 0 aliphatic carbocycles. The average Bonchev–Trinajstić information content (AvgIpc) is 2.47. The number of carbonyl (C=O) groups is 2. The van der Waals surface area contributed by atoms with E-state index >= 15 is 0 Å². The first-order valence-corrected chi connectivity index (χ1v) is 7.58. The summed E-state index contributed by atoms with van der Waals surface area (Å²) in [6, 6.07) is 8.27. The van der Waals surface area contributed by atoms with Crippen LogP contribution in [-0.4, -0.2) is 22.2 Å². The zero-order chi connectivity index (χ0) is 15.7. The number of hydrogen-bond acceptors (Lipinski definition) is 2. The molecule has 0 saturated carbocycles. The molecule has 1 aromatic rings. The Balaban J connectivity index is -0.000000551. The van der Waals surface area contributed by atoms with Crippen LogP contribution in [-0.2, 0) is 15.0 Å². The first-order valence-electron chi connectivity index (χ1n) is 7.58. The van der Waals surface area contributed by atoms with Crippen molar-refractivity contribution in [2.24, 2.45) is 0 Å². The van der Waals surface area contributed by atoms with Crippen molar-refractivity contribution in [1.82, 2.24) is 0 Å². The van der Waals surface area contributed by atoms with E-state index in [0.29, 0.717) is 12.0 Å². The molecule has 0 radical (unpaired) electrons. The van der Waals surface area contributed by atoms with Gasteiger partial charge in [-0.05, 0) is 12.0 Å². The smallest absolute Gasteiger partial charge is 1.00 e. The number of rotatable bonds is 10. The molecular formula is C17H26LiNaO4. The SMILES string of the molecule is CCCCCCCCC(C(=O)O)(C(=O)O)c1ccccc1.[H-].[H-].[Li+].[Na+]. The van der Waals surface area contributed by atoms with Gasteiger partial charge in [-0.2, -0.15) is 0 Å². The van der Waals surface area contributed by atoms with Crippen LogP contribution < -0.4 is 48.4 Å². The molecular weight excluding hydrogens is 298 g/mol. The molecule has 120 valence electrons. The summed E-state index contributed by atoms with van der Waals surface area (Å²) in [6.45, 7) is 2.13. The molecule has 1 aromatic carbocycles. The third kappa shape index (κ3) is 7.03. The van der Waals surface area contributed by atoms with Gasteiger partial charge >= 0.3 is 60.4 Å². The maximum absolute atomic E-state index is 11.6. The summed E-state index contributed by atoms with van der Waals surface area (Å²) >= 11 is 0. The molecule has 0 aromatic heterocycles. The molecule has 1 rings (SSSR count). The van der Waals surface area contributed by atoms with E-state index < -0.39 is 17.4 Å². The Morgan fingerprint density at radius 1 is 0.957 bits per heavy atom. The van der Waals surface area contributed by atoms with Gasteiger partial charge in [0.15, 0.2) is 5.41 Å². The molecule has 23 heavy (non-hydrogen) atoms. The van der Waals surface area contributed by atoms with Crippen molar-refractivity contribution in [2.75, 3.05) is 0 Å². The summed E-state index contributed by atoms with van der Waals surface area (Å²) in [5.74, 6) is -2.57. The Bertz CT molecular complexity index is 461. The van der Waals surface area contributed by atoms with Crippen LogP contribution in [0, 0.1) is 0 Å². The van der Waals surface area contributed by atoms with Gasteiger partial charge in [0, 0.05) is 0 Å². The van der Waals surface area contributed by atoms with Gasteiger partial charge in [-0.15, -0.1) is 0 Å². The van der Waals surface area contributed by atoms with Gasteiger partial charge in [-0.3, -0.25) is 9.59 Å². The second-order valence-electron chi connectivity index (χ2n) is 5.40. The van der Waals surface area contributed by atoms with E-state index in [0.717, 1.165) is 25.7 Å². The van der Waals surface area contributed by atoms with Gasteiger partial charge in [0.1, 0.15) is 0 Å². The third-order valence-corrected chi connectivity index (χ3v) is 3.90. The van der Waals surface area contributed by atoms with Crippen molar-refractivity contribution in [1.29, 1.82) is 0 Å². The fraction of sp³-hybridized carbons (Fsp3) is 0.529. The Morgan fingerprint density at radius 3 is 1.91 bits per heavy atom. The van der Waals surface area contributed by atoms with Gasteiger partial charge in [0.25, 0.3) is 0 Å². The van der Waals surface area contributed by atoms with Crippen molar-refractivity contribution in [3.8, 4) is 0 Å². The second-order valence-corrected chi connectivity index (χ2v) is 5.40. The maximum atomic E-state index is 11.6. The number of unbranched alkanes of at least 4 members (excludes halogenated alkanes) is 5. The summed E-state index contributed by atoms with van der Waals surface area (Å²) in [4.78, 5) is 23.3. The van der Waals surface area contributed by atoms with E-state index in [4.69, 9.17) is 0 Å². The molecule has 0 amide bonds. The summed E-state index contributed by atoms with van der Waals surface area (Å²) in [5.41, 5.74) is -1.48. The molecule has 6 heteroatoms. The molecule has 4 nitrogen and oxygen atoms in total. The summed E-state index contributed by atoms with van der Waals surface area (Å²) in [7, 11) is 0. The predicted molar refractivity (Wildman–Crippen MR) is 83.6 cm³/mol. The van der Waals surface area contributed by atoms with Gasteiger partial charge < -0.3 is 13.1 Å². The topological polar surface area (TPSA) is 74.6 Å². The normalized spacial score (nSPS) is 10.3. The molecule has 0 heterocycles. The van der Waals surface area contributed by atoms with Crippen LogP contribution >= 0.6 is 0 Å². The van der Waals surface area contributed by atoms with E-state index in [1.807, 2.05) is 0 Å². The summed E-state index contributed by atoms with van der Waals surface area (Å²) in [6.07, 6.45) is 6.08. The molecule has 0 aliphatic rings. The first-order chi connectivity index (χ1) is 10.1. The average molecular weight is 324 g/mol. The molecule has 0 atom stereocenters. The third-order valence-electron chi connectivity index (χ3n) is 3.90. The van der Waals surface area contributed by atoms with Crippen LogP contribution in [0.4, 0.5) is 0 Å². The Labute approximate surface area is 175 Å². The molecule has 0 unspecified atom stereocenters. The molecule has 0 bridgehead atoms. The van der Waals surface area contributed by atoms with Gasteiger partial charge in [0.05, 0.1) is 0 Å². The predicted octanol–water partition coefficient (Wildman–Crippen LogP) is -1.92. The quantitative estimate of drug-likeness (QED) is 0.299. The van der Waals surface area contributed by atoms with Crippen LogP contribution in [0.25, 0.3) is 0 Å². The fourth-order valence-corrected chi connectivity index (χ4v) is 2.59. The number of aliphatic carboxylic acids is 2. The van der Waals surface area contributed by atoms with Crippen LogP contribution in [0.3, 0.4) is 0 Å². The first kappa shape index (κ1) is 25.0.